The minimum Gasteiger partial charge on any atom is -0.361 e. The Morgan fingerprint density at radius 1 is 1.33 bits per heavy atom. The average Bonchev–Trinajstić information content (AvgIpc) is 2.72. The maximum atomic E-state index is 11.5. The number of fused-ring (bicyclic) bond motifs is 1. The molecule has 2 aromatic rings. The summed E-state index contributed by atoms with van der Waals surface area (Å²) in [6.07, 6.45) is 4.37. The molecule has 0 unspecified atom stereocenters. The number of para-hydroxylation sites is 1. The Labute approximate surface area is 107 Å². The van der Waals surface area contributed by atoms with Crippen molar-refractivity contribution in [2.24, 2.45) is 0 Å². The van der Waals surface area contributed by atoms with Crippen molar-refractivity contribution in [1.29, 1.82) is 0 Å². The minimum atomic E-state index is 0.0693. The summed E-state index contributed by atoms with van der Waals surface area (Å²) in [6.45, 7) is 0. The summed E-state index contributed by atoms with van der Waals surface area (Å²) >= 11 is 0. The number of hydrazine groups is 1. The summed E-state index contributed by atoms with van der Waals surface area (Å²) in [7, 11) is 3.63. The van der Waals surface area contributed by atoms with Crippen molar-refractivity contribution in [3.63, 3.8) is 0 Å². The zero-order valence-corrected chi connectivity index (χ0v) is 10.9. The molecule has 4 nitrogen and oxygen atoms in total. The zero-order valence-electron chi connectivity index (χ0n) is 10.9. The first-order valence-corrected chi connectivity index (χ1v) is 6.18. The molecule has 0 aliphatic heterocycles. The minimum absolute atomic E-state index is 0.0693. The van der Waals surface area contributed by atoms with Crippen molar-refractivity contribution in [2.75, 3.05) is 14.1 Å². The van der Waals surface area contributed by atoms with E-state index in [0.29, 0.717) is 6.42 Å². The van der Waals surface area contributed by atoms with Gasteiger partial charge in [0.25, 0.3) is 0 Å². The van der Waals surface area contributed by atoms with E-state index in [9.17, 15) is 4.79 Å². The van der Waals surface area contributed by atoms with Crippen molar-refractivity contribution in [3.8, 4) is 0 Å². The van der Waals surface area contributed by atoms with Crippen molar-refractivity contribution in [2.45, 2.75) is 19.3 Å². The molecule has 1 amide bonds. The van der Waals surface area contributed by atoms with E-state index in [1.807, 2.05) is 32.4 Å². The Balaban J connectivity index is 1.89. The van der Waals surface area contributed by atoms with Crippen LogP contribution >= 0.6 is 0 Å². The van der Waals surface area contributed by atoms with Crippen molar-refractivity contribution in [1.82, 2.24) is 15.4 Å². The van der Waals surface area contributed by atoms with Gasteiger partial charge in [-0.05, 0) is 24.5 Å². The van der Waals surface area contributed by atoms with Gasteiger partial charge < -0.3 is 4.98 Å². The Morgan fingerprint density at radius 3 is 2.89 bits per heavy atom. The fourth-order valence-electron chi connectivity index (χ4n) is 2.08. The Hall–Kier alpha value is -1.81. The van der Waals surface area contributed by atoms with Gasteiger partial charge in [-0.1, -0.05) is 18.2 Å². The first-order chi connectivity index (χ1) is 8.66. The number of carbonyl (C=O) groups excluding carboxylic acids is 1. The molecule has 0 saturated carbocycles. The predicted molar refractivity (Wildman–Crippen MR) is 73.1 cm³/mol. The molecule has 0 aliphatic rings. The van der Waals surface area contributed by atoms with Crippen LogP contribution in [-0.2, 0) is 11.2 Å². The van der Waals surface area contributed by atoms with Crippen LogP contribution in [0.1, 0.15) is 18.4 Å². The molecule has 0 spiro atoms. The van der Waals surface area contributed by atoms with Gasteiger partial charge in [-0.25, -0.2) is 5.01 Å². The highest BCUT2D eigenvalue weighted by Crippen LogP contribution is 2.19. The van der Waals surface area contributed by atoms with Crippen LogP contribution in [0.5, 0.6) is 0 Å². The molecule has 0 aliphatic carbocycles. The summed E-state index contributed by atoms with van der Waals surface area (Å²) in [5.74, 6) is 0.0693. The number of nitrogens with one attached hydrogen (secondary N) is 2. The number of aromatic nitrogens is 1. The maximum absolute atomic E-state index is 11.5. The van der Waals surface area contributed by atoms with Gasteiger partial charge in [0.2, 0.25) is 5.91 Å². The monoisotopic (exact) mass is 245 g/mol. The second kappa shape index (κ2) is 5.69. The van der Waals surface area contributed by atoms with E-state index in [4.69, 9.17) is 0 Å². The third kappa shape index (κ3) is 3.11. The van der Waals surface area contributed by atoms with E-state index in [2.05, 4.69) is 22.5 Å². The average molecular weight is 245 g/mol. The van der Waals surface area contributed by atoms with Crippen molar-refractivity contribution >= 4 is 16.8 Å². The van der Waals surface area contributed by atoms with Crippen LogP contribution in [0.3, 0.4) is 0 Å². The van der Waals surface area contributed by atoms with Crippen LogP contribution in [0.4, 0.5) is 0 Å². The largest absolute Gasteiger partial charge is 0.361 e. The van der Waals surface area contributed by atoms with Gasteiger partial charge in [-0.15, -0.1) is 0 Å². The highest BCUT2D eigenvalue weighted by Gasteiger charge is 2.05. The number of aryl methyl sites for hydroxylation is 1. The predicted octanol–water partition coefficient (Wildman–Crippen LogP) is 2.08. The number of nitrogens with zero attached hydrogens (tertiary/aromatic N) is 1. The molecule has 0 bridgehead atoms. The molecule has 2 N–H and O–H groups in total. The molecule has 0 radical (unpaired) electrons. The molecule has 1 aromatic heterocycles. The van der Waals surface area contributed by atoms with E-state index in [0.717, 1.165) is 18.4 Å². The third-order valence-corrected chi connectivity index (χ3v) is 2.87. The van der Waals surface area contributed by atoms with Crippen LogP contribution < -0.4 is 5.43 Å². The fourth-order valence-corrected chi connectivity index (χ4v) is 2.08. The number of benzene rings is 1. The molecule has 1 heterocycles. The summed E-state index contributed by atoms with van der Waals surface area (Å²) in [6, 6.07) is 8.24. The number of hydrogen-bond donors (Lipinski definition) is 2. The molecule has 1 aromatic carbocycles. The molecule has 2 rings (SSSR count). The van der Waals surface area contributed by atoms with E-state index in [1.54, 1.807) is 5.01 Å². The number of aromatic amines is 1. The first kappa shape index (κ1) is 12.6. The normalized spacial score (nSPS) is 11.1. The number of hydrogen-bond acceptors (Lipinski definition) is 2. The van der Waals surface area contributed by atoms with E-state index in [1.165, 1.54) is 10.9 Å². The molecule has 4 heteroatoms. The molecule has 0 atom stereocenters. The Morgan fingerprint density at radius 2 is 2.11 bits per heavy atom. The number of H-pyrrole nitrogens is 1. The third-order valence-electron chi connectivity index (χ3n) is 2.87. The lowest BCUT2D eigenvalue weighted by atomic mass is 10.1. The quantitative estimate of drug-likeness (QED) is 0.792. The van der Waals surface area contributed by atoms with Crippen molar-refractivity contribution < 1.29 is 4.79 Å². The molecule has 96 valence electrons. The highest BCUT2D eigenvalue weighted by molar-refractivity contribution is 5.83. The van der Waals surface area contributed by atoms with Gasteiger partial charge in [0.1, 0.15) is 0 Å². The van der Waals surface area contributed by atoms with Gasteiger partial charge >= 0.3 is 0 Å². The number of carbonyl (C=O) groups is 1. The standard InChI is InChI=1S/C14H19N3O/c1-17(2)16-14(18)9-5-6-11-10-15-13-8-4-3-7-12(11)13/h3-4,7-8,10,15H,5-6,9H2,1-2H3,(H,16,18). The summed E-state index contributed by atoms with van der Waals surface area (Å²) in [5.41, 5.74) is 5.19. The highest BCUT2D eigenvalue weighted by atomic mass is 16.2. The molecule has 0 saturated heterocycles. The maximum Gasteiger partial charge on any atom is 0.234 e. The lowest BCUT2D eigenvalue weighted by Crippen LogP contribution is -2.35. The van der Waals surface area contributed by atoms with Crippen LogP contribution in [0.2, 0.25) is 0 Å². The second-order valence-corrected chi connectivity index (χ2v) is 4.64. The summed E-state index contributed by atoms with van der Waals surface area (Å²) < 4.78 is 0. The topological polar surface area (TPSA) is 48.1 Å². The van der Waals surface area contributed by atoms with Crippen LogP contribution in [0.15, 0.2) is 30.5 Å². The van der Waals surface area contributed by atoms with Gasteiger partial charge in [-0.3, -0.25) is 10.2 Å². The van der Waals surface area contributed by atoms with Crippen LogP contribution in [0, 0.1) is 0 Å². The van der Waals surface area contributed by atoms with Crippen LogP contribution in [0.25, 0.3) is 10.9 Å². The number of rotatable bonds is 5. The Bertz CT molecular complexity index is 531. The molecular weight excluding hydrogens is 226 g/mol. The van der Waals surface area contributed by atoms with E-state index < -0.39 is 0 Å². The van der Waals surface area contributed by atoms with Gasteiger partial charge in [0.15, 0.2) is 0 Å². The molecule has 0 fully saturated rings. The van der Waals surface area contributed by atoms with Gasteiger partial charge in [-0.2, -0.15) is 0 Å². The first-order valence-electron chi connectivity index (χ1n) is 6.18. The second-order valence-electron chi connectivity index (χ2n) is 4.64. The fraction of sp³-hybridized carbons (Fsp3) is 0.357. The molecular formula is C14H19N3O. The van der Waals surface area contributed by atoms with E-state index in [-0.39, 0.29) is 5.91 Å². The lowest BCUT2D eigenvalue weighted by molar-refractivity contribution is -0.124. The van der Waals surface area contributed by atoms with E-state index >= 15 is 0 Å². The summed E-state index contributed by atoms with van der Waals surface area (Å²) in [4.78, 5) is 14.7. The zero-order chi connectivity index (χ0) is 13.0. The van der Waals surface area contributed by atoms with Gasteiger partial charge in [0.05, 0.1) is 0 Å². The SMILES string of the molecule is CN(C)NC(=O)CCCc1c[nH]c2ccccc12. The van der Waals surface area contributed by atoms with Gasteiger partial charge in [0, 0.05) is 37.6 Å². The Kier molecular flexibility index (Phi) is 3.99. The number of amides is 1. The molecule has 18 heavy (non-hydrogen) atoms. The lowest BCUT2D eigenvalue weighted by Gasteiger charge is -2.11. The van der Waals surface area contributed by atoms with Crippen molar-refractivity contribution in [3.05, 3.63) is 36.0 Å². The summed E-state index contributed by atoms with van der Waals surface area (Å²) in [5, 5.41) is 2.93. The van der Waals surface area contributed by atoms with Crippen LogP contribution in [-0.4, -0.2) is 30.0 Å². The smallest absolute Gasteiger partial charge is 0.234 e.